The number of hydrogen-bond acceptors (Lipinski definition) is 4. The van der Waals surface area contributed by atoms with E-state index in [0.29, 0.717) is 43.4 Å². The van der Waals surface area contributed by atoms with Gasteiger partial charge in [-0.25, -0.2) is 4.98 Å². The summed E-state index contributed by atoms with van der Waals surface area (Å²) in [7, 11) is 3.34. The molecule has 30 heavy (non-hydrogen) atoms. The van der Waals surface area contributed by atoms with Crippen LogP contribution in [0.2, 0.25) is 0 Å². The van der Waals surface area contributed by atoms with Crippen LogP contribution in [0.4, 0.5) is 13.2 Å². The van der Waals surface area contributed by atoms with Crippen LogP contribution in [-0.4, -0.2) is 48.9 Å². The number of aliphatic imine (C=N–C) groups is 1. The van der Waals surface area contributed by atoms with Crippen molar-refractivity contribution in [3.63, 3.8) is 0 Å². The number of rotatable bonds is 8. The molecule has 11 heteroatoms. The molecule has 166 valence electrons. The number of guanidine groups is 1. The van der Waals surface area contributed by atoms with Gasteiger partial charge in [0.25, 0.3) is 0 Å². The third kappa shape index (κ3) is 8.86. The molecule has 1 aromatic heterocycles. The number of nitrogens with zero attached hydrogens (tertiary/aromatic N) is 3. The first-order chi connectivity index (χ1) is 13.8. The number of thiazole rings is 1. The Morgan fingerprint density at radius 2 is 1.87 bits per heavy atom. The minimum Gasteiger partial charge on any atom is -0.356 e. The molecule has 0 bridgehead atoms. The van der Waals surface area contributed by atoms with E-state index < -0.39 is 11.9 Å². The largest absolute Gasteiger partial charge is 0.434 e. The molecule has 1 amide bonds. The maximum atomic E-state index is 12.6. The lowest BCUT2D eigenvalue weighted by Crippen LogP contribution is -2.40. The molecule has 1 heterocycles. The van der Waals surface area contributed by atoms with Gasteiger partial charge in [-0.3, -0.25) is 9.79 Å². The van der Waals surface area contributed by atoms with Gasteiger partial charge in [0.15, 0.2) is 11.7 Å². The van der Waals surface area contributed by atoms with Crippen LogP contribution in [0.1, 0.15) is 22.7 Å². The number of alkyl halides is 3. The Labute approximate surface area is 195 Å². The average Bonchev–Trinajstić information content (AvgIpc) is 3.17. The summed E-state index contributed by atoms with van der Waals surface area (Å²) in [6.45, 7) is 1.32. The molecular weight excluding hydrogens is 530 g/mol. The number of carbonyl (C=O) groups excluding carboxylic acids is 1. The van der Waals surface area contributed by atoms with Crippen molar-refractivity contribution in [1.82, 2.24) is 20.5 Å². The molecule has 0 aliphatic carbocycles. The lowest BCUT2D eigenvalue weighted by Gasteiger charge is -2.18. The minimum atomic E-state index is -4.42. The van der Waals surface area contributed by atoms with E-state index in [1.807, 2.05) is 30.3 Å². The fourth-order valence-electron chi connectivity index (χ4n) is 2.49. The van der Waals surface area contributed by atoms with E-state index in [1.54, 1.807) is 19.0 Å². The molecular formula is C19H25F3IN5OS. The number of halogens is 4. The Balaban J connectivity index is 0.00000450. The highest BCUT2D eigenvalue weighted by Gasteiger charge is 2.33. The van der Waals surface area contributed by atoms with E-state index in [9.17, 15) is 18.0 Å². The Morgan fingerprint density at radius 1 is 1.20 bits per heavy atom. The molecule has 0 aliphatic rings. The minimum absolute atomic E-state index is 0. The number of benzene rings is 1. The van der Waals surface area contributed by atoms with E-state index in [0.717, 1.165) is 22.3 Å². The smallest absolute Gasteiger partial charge is 0.356 e. The van der Waals surface area contributed by atoms with Crippen LogP contribution in [0.25, 0.3) is 0 Å². The standard InChI is InChI=1S/C19H24F3N5OS.HI/c1-23-18(24-10-8-16-26-15(13-29-16)19(20,21)22)25-11-9-17(28)27(2)12-14-6-4-3-5-7-14;/h3-7,13H,8-12H2,1-2H3,(H2,23,24,25);1H. The van der Waals surface area contributed by atoms with Gasteiger partial charge in [0.1, 0.15) is 0 Å². The number of nitrogens with one attached hydrogen (secondary N) is 2. The number of hydrogen-bond donors (Lipinski definition) is 2. The first-order valence-electron chi connectivity index (χ1n) is 9.03. The number of carbonyl (C=O) groups is 1. The molecule has 0 atom stereocenters. The van der Waals surface area contributed by atoms with Gasteiger partial charge in [0.2, 0.25) is 5.91 Å². The van der Waals surface area contributed by atoms with Gasteiger partial charge in [-0.15, -0.1) is 35.3 Å². The molecule has 0 spiro atoms. The van der Waals surface area contributed by atoms with Crippen LogP contribution in [-0.2, 0) is 23.9 Å². The maximum absolute atomic E-state index is 12.6. The zero-order valence-corrected chi connectivity index (χ0v) is 19.8. The topological polar surface area (TPSA) is 69.6 Å². The molecule has 2 aromatic rings. The van der Waals surface area contributed by atoms with Gasteiger partial charge in [0, 0.05) is 52.0 Å². The second-order valence-electron chi connectivity index (χ2n) is 6.29. The number of amides is 1. The normalized spacial score (nSPS) is 11.6. The monoisotopic (exact) mass is 555 g/mol. The summed E-state index contributed by atoms with van der Waals surface area (Å²) < 4.78 is 37.7. The van der Waals surface area contributed by atoms with Crippen molar-refractivity contribution < 1.29 is 18.0 Å². The number of aromatic nitrogens is 1. The summed E-state index contributed by atoms with van der Waals surface area (Å²) in [5.74, 6) is 0.482. The molecule has 2 N–H and O–H groups in total. The van der Waals surface area contributed by atoms with Crippen LogP contribution in [0, 0.1) is 0 Å². The lowest BCUT2D eigenvalue weighted by molar-refractivity contribution is -0.140. The van der Waals surface area contributed by atoms with Crippen molar-refractivity contribution >= 4 is 47.2 Å². The quantitative estimate of drug-likeness (QED) is 0.297. The van der Waals surface area contributed by atoms with Crippen LogP contribution in [0.5, 0.6) is 0 Å². The fourth-order valence-corrected chi connectivity index (χ4v) is 3.29. The SMILES string of the molecule is CN=C(NCCC(=O)N(C)Cc1ccccc1)NCCc1nc(C(F)(F)F)cs1.I. The first kappa shape index (κ1) is 26.1. The average molecular weight is 555 g/mol. The second kappa shape index (κ2) is 12.7. The van der Waals surface area contributed by atoms with E-state index in [2.05, 4.69) is 20.6 Å². The summed E-state index contributed by atoms with van der Waals surface area (Å²) in [6, 6.07) is 9.72. The molecule has 6 nitrogen and oxygen atoms in total. The van der Waals surface area contributed by atoms with Gasteiger partial charge in [-0.05, 0) is 5.56 Å². The van der Waals surface area contributed by atoms with Crippen molar-refractivity contribution in [3.8, 4) is 0 Å². The van der Waals surface area contributed by atoms with Gasteiger partial charge >= 0.3 is 6.18 Å². The summed E-state index contributed by atoms with van der Waals surface area (Å²) in [5.41, 5.74) is 0.197. The van der Waals surface area contributed by atoms with Gasteiger partial charge in [-0.1, -0.05) is 30.3 Å². The third-order valence-corrected chi connectivity index (χ3v) is 4.93. The van der Waals surface area contributed by atoms with Gasteiger partial charge in [-0.2, -0.15) is 13.2 Å². The van der Waals surface area contributed by atoms with Crippen molar-refractivity contribution in [2.24, 2.45) is 4.99 Å². The predicted molar refractivity (Wildman–Crippen MR) is 123 cm³/mol. The lowest BCUT2D eigenvalue weighted by atomic mass is 10.2. The highest BCUT2D eigenvalue weighted by molar-refractivity contribution is 14.0. The zero-order chi connectivity index (χ0) is 21.3. The predicted octanol–water partition coefficient (Wildman–Crippen LogP) is 3.54. The maximum Gasteiger partial charge on any atom is 0.434 e. The first-order valence-corrected chi connectivity index (χ1v) is 9.91. The van der Waals surface area contributed by atoms with Crippen molar-refractivity contribution in [2.45, 2.75) is 25.6 Å². The molecule has 0 saturated carbocycles. The van der Waals surface area contributed by atoms with E-state index in [4.69, 9.17) is 0 Å². The molecule has 0 saturated heterocycles. The van der Waals surface area contributed by atoms with E-state index >= 15 is 0 Å². The third-order valence-electron chi connectivity index (χ3n) is 4.02. The van der Waals surface area contributed by atoms with Crippen LogP contribution < -0.4 is 10.6 Å². The van der Waals surface area contributed by atoms with Gasteiger partial charge < -0.3 is 15.5 Å². The summed E-state index contributed by atoms with van der Waals surface area (Å²) >= 11 is 0.980. The van der Waals surface area contributed by atoms with Crippen molar-refractivity contribution in [3.05, 3.63) is 52.0 Å². The molecule has 2 rings (SSSR count). The summed E-state index contributed by atoms with van der Waals surface area (Å²) in [5, 5.41) is 7.45. The Hall–Kier alpha value is -1.89. The molecule has 0 unspecified atom stereocenters. The van der Waals surface area contributed by atoms with Crippen LogP contribution in [0.15, 0.2) is 40.7 Å². The highest BCUT2D eigenvalue weighted by Crippen LogP contribution is 2.29. The van der Waals surface area contributed by atoms with Crippen molar-refractivity contribution in [1.29, 1.82) is 0 Å². The van der Waals surface area contributed by atoms with Crippen LogP contribution in [0.3, 0.4) is 0 Å². The van der Waals surface area contributed by atoms with Gasteiger partial charge in [0.05, 0.1) is 5.01 Å². The fraction of sp³-hybridized carbons (Fsp3) is 0.421. The molecule has 0 radical (unpaired) electrons. The summed E-state index contributed by atoms with van der Waals surface area (Å²) in [6.07, 6.45) is -3.77. The Kier molecular flexibility index (Phi) is 11.1. The zero-order valence-electron chi connectivity index (χ0n) is 16.7. The molecule has 0 aliphatic heterocycles. The van der Waals surface area contributed by atoms with Crippen LogP contribution >= 0.6 is 35.3 Å². The van der Waals surface area contributed by atoms with E-state index in [1.165, 1.54) is 0 Å². The Morgan fingerprint density at radius 3 is 2.47 bits per heavy atom. The molecule has 1 aromatic carbocycles. The second-order valence-corrected chi connectivity index (χ2v) is 7.23. The molecule has 0 fully saturated rings. The highest BCUT2D eigenvalue weighted by atomic mass is 127. The Bertz CT molecular complexity index is 814. The summed E-state index contributed by atoms with van der Waals surface area (Å²) in [4.78, 5) is 21.5. The van der Waals surface area contributed by atoms with Crippen molar-refractivity contribution in [2.75, 3.05) is 27.2 Å². The van der Waals surface area contributed by atoms with E-state index in [-0.39, 0.29) is 29.9 Å².